The van der Waals surface area contributed by atoms with E-state index in [2.05, 4.69) is 15.0 Å². The number of hydrogen-bond acceptors (Lipinski definition) is 12. The first-order chi connectivity index (χ1) is 15.7. The summed E-state index contributed by atoms with van der Waals surface area (Å²) in [5.41, 5.74) is 6.39. The predicted octanol–water partition coefficient (Wildman–Crippen LogP) is -0.140. The highest BCUT2D eigenvalue weighted by Gasteiger charge is 2.50. The van der Waals surface area contributed by atoms with Crippen LogP contribution in [0.5, 0.6) is 0 Å². The fraction of sp³-hybridized carbons (Fsp3) is 0.550. The summed E-state index contributed by atoms with van der Waals surface area (Å²) in [6.07, 6.45) is -2.34. The first-order valence-electron chi connectivity index (χ1n) is 10.3. The van der Waals surface area contributed by atoms with Crippen molar-refractivity contribution in [3.05, 3.63) is 12.7 Å². The number of aliphatic hydroxyl groups is 1. The number of carbonyl (C=O) groups is 4. The predicted molar refractivity (Wildman–Crippen MR) is 110 cm³/mol. The number of nitrogens with two attached hydrogens (primary N) is 1. The average molecular weight is 463 g/mol. The molecule has 0 bridgehead atoms. The van der Waals surface area contributed by atoms with E-state index in [0.29, 0.717) is 0 Å². The zero-order valence-electron chi connectivity index (χ0n) is 18.2. The molecule has 0 amide bonds. The molecule has 1 saturated heterocycles. The van der Waals surface area contributed by atoms with Gasteiger partial charge in [0.2, 0.25) is 0 Å². The minimum atomic E-state index is -1.20. The second kappa shape index (κ2) is 10.4. The van der Waals surface area contributed by atoms with Crippen molar-refractivity contribution in [3.63, 3.8) is 0 Å². The summed E-state index contributed by atoms with van der Waals surface area (Å²) in [6.45, 7) is 2.14. The maximum atomic E-state index is 12.4. The van der Waals surface area contributed by atoms with Crippen LogP contribution in [-0.4, -0.2) is 73.0 Å². The van der Waals surface area contributed by atoms with Gasteiger partial charge in [-0.2, -0.15) is 0 Å². The van der Waals surface area contributed by atoms with Crippen molar-refractivity contribution in [3.8, 4) is 0 Å². The summed E-state index contributed by atoms with van der Waals surface area (Å²) in [5.74, 6) is -1.70. The second-order valence-electron chi connectivity index (χ2n) is 7.64. The number of imidazole rings is 1. The molecule has 0 spiro atoms. The molecular formula is C20H25N5O8. The zero-order chi connectivity index (χ0) is 24.1. The van der Waals surface area contributed by atoms with Crippen LogP contribution in [0, 0.1) is 0 Å². The Kier molecular flexibility index (Phi) is 7.66. The van der Waals surface area contributed by atoms with Crippen LogP contribution in [0.25, 0.3) is 11.2 Å². The molecule has 2 unspecified atom stereocenters. The second-order valence-corrected chi connectivity index (χ2v) is 7.64. The number of nitrogens with zero attached hydrogens (tertiary/aromatic N) is 4. The molecule has 2 aromatic rings. The third-order valence-electron chi connectivity index (χ3n) is 5.02. The van der Waals surface area contributed by atoms with Crippen molar-refractivity contribution in [1.29, 1.82) is 0 Å². The molecule has 2 aromatic heterocycles. The van der Waals surface area contributed by atoms with E-state index in [9.17, 15) is 24.3 Å². The van der Waals surface area contributed by atoms with E-state index >= 15 is 0 Å². The number of esters is 2. The van der Waals surface area contributed by atoms with Gasteiger partial charge in [0.15, 0.2) is 29.9 Å². The average Bonchev–Trinajstić information content (AvgIpc) is 3.33. The minimum absolute atomic E-state index is 0.0228. The highest BCUT2D eigenvalue weighted by molar-refractivity contribution is 5.82. The molecule has 1 fully saturated rings. The fourth-order valence-electron chi connectivity index (χ4n) is 3.38. The summed E-state index contributed by atoms with van der Waals surface area (Å²) < 4.78 is 18.3. The summed E-state index contributed by atoms with van der Waals surface area (Å²) in [4.78, 5) is 59.4. The lowest BCUT2D eigenvalue weighted by Gasteiger charge is -2.24. The number of Topliss-reactive ketones (excluding diaryl/α,β-unsaturated/α-hetero) is 2. The number of anilines is 1. The molecule has 0 radical (unpaired) electrons. The molecule has 0 saturated carbocycles. The Hall–Kier alpha value is -3.45. The van der Waals surface area contributed by atoms with Crippen LogP contribution in [0.15, 0.2) is 12.7 Å². The largest absolute Gasteiger partial charge is 0.455 e. The lowest BCUT2D eigenvalue weighted by atomic mass is 10.1. The van der Waals surface area contributed by atoms with Gasteiger partial charge >= 0.3 is 11.9 Å². The Morgan fingerprint density at radius 1 is 1.00 bits per heavy atom. The Labute approximate surface area is 188 Å². The Bertz CT molecular complexity index is 1050. The van der Waals surface area contributed by atoms with Gasteiger partial charge in [-0.15, -0.1) is 0 Å². The molecule has 3 heterocycles. The topological polar surface area (TPSA) is 186 Å². The van der Waals surface area contributed by atoms with Crippen molar-refractivity contribution < 1.29 is 38.5 Å². The highest BCUT2D eigenvalue weighted by Crippen LogP contribution is 2.36. The molecule has 1 aliphatic heterocycles. The van der Waals surface area contributed by atoms with Crippen LogP contribution in [0.4, 0.5) is 5.82 Å². The Morgan fingerprint density at radius 2 is 1.61 bits per heavy atom. The van der Waals surface area contributed by atoms with Gasteiger partial charge in [0.25, 0.3) is 0 Å². The number of hydrogen-bond donors (Lipinski definition) is 2. The van der Waals surface area contributed by atoms with E-state index in [1.165, 1.54) is 31.1 Å². The number of rotatable bonds is 10. The molecular weight excluding hydrogens is 438 g/mol. The van der Waals surface area contributed by atoms with Gasteiger partial charge in [-0.25, -0.2) is 15.0 Å². The summed E-state index contributed by atoms with van der Waals surface area (Å²) in [7, 11) is 0. The number of ether oxygens (including phenoxy) is 3. The van der Waals surface area contributed by atoms with Crippen molar-refractivity contribution in [2.24, 2.45) is 0 Å². The van der Waals surface area contributed by atoms with E-state index in [0.717, 1.165) is 0 Å². The number of fused-ring (bicyclic) bond motifs is 1. The van der Waals surface area contributed by atoms with Gasteiger partial charge < -0.3 is 34.6 Å². The van der Waals surface area contributed by atoms with Crippen molar-refractivity contribution in [1.82, 2.24) is 19.5 Å². The fourth-order valence-corrected chi connectivity index (χ4v) is 3.38. The lowest BCUT2D eigenvalue weighted by Crippen LogP contribution is -2.40. The monoisotopic (exact) mass is 463 g/mol. The Balaban J connectivity index is 1.91. The normalized spacial score (nSPS) is 22.3. The van der Waals surface area contributed by atoms with E-state index in [4.69, 9.17) is 19.9 Å². The minimum Gasteiger partial charge on any atom is -0.455 e. The summed E-state index contributed by atoms with van der Waals surface area (Å²) in [5, 5.41) is 9.84. The zero-order valence-corrected chi connectivity index (χ0v) is 18.2. The number of aliphatic hydroxyl groups excluding tert-OH is 1. The molecule has 0 aliphatic carbocycles. The molecule has 3 N–H and O–H groups in total. The van der Waals surface area contributed by atoms with E-state index in [-0.39, 0.29) is 54.2 Å². The van der Waals surface area contributed by atoms with Gasteiger partial charge in [-0.05, 0) is 13.8 Å². The van der Waals surface area contributed by atoms with Crippen LogP contribution in [-0.2, 0) is 33.4 Å². The maximum absolute atomic E-state index is 12.4. The first kappa shape index (κ1) is 24.2. The van der Waals surface area contributed by atoms with E-state index in [1.807, 2.05) is 0 Å². The number of aromatic nitrogens is 4. The Morgan fingerprint density at radius 3 is 2.18 bits per heavy atom. The first-order valence-corrected chi connectivity index (χ1v) is 10.3. The van der Waals surface area contributed by atoms with Gasteiger partial charge in [-0.1, -0.05) is 0 Å². The number of ketones is 2. The van der Waals surface area contributed by atoms with Crippen LogP contribution in [0.3, 0.4) is 0 Å². The van der Waals surface area contributed by atoms with Crippen LogP contribution in [0.1, 0.15) is 45.8 Å². The molecule has 0 aromatic carbocycles. The van der Waals surface area contributed by atoms with Crippen LogP contribution >= 0.6 is 0 Å². The molecule has 178 valence electrons. The smallest absolute Gasteiger partial charge is 0.306 e. The van der Waals surface area contributed by atoms with E-state index in [1.54, 1.807) is 0 Å². The molecule has 33 heavy (non-hydrogen) atoms. The maximum Gasteiger partial charge on any atom is 0.306 e. The molecule has 13 heteroatoms. The summed E-state index contributed by atoms with van der Waals surface area (Å²) in [6, 6.07) is 0. The molecule has 1 aliphatic rings. The molecule has 13 nitrogen and oxygen atoms in total. The van der Waals surface area contributed by atoms with Crippen molar-refractivity contribution >= 4 is 40.5 Å². The van der Waals surface area contributed by atoms with Crippen molar-refractivity contribution in [2.75, 3.05) is 12.3 Å². The van der Waals surface area contributed by atoms with Gasteiger partial charge in [0.1, 0.15) is 29.5 Å². The quantitative estimate of drug-likeness (QED) is 0.445. The highest BCUT2D eigenvalue weighted by atomic mass is 16.6. The standard InChI is InChI=1S/C20H25N5O8/c1-10(27)3-5-13(29)32-16-12(7-26)31-20(17(16)33-14(30)6-4-11(2)28)25-9-24-15-18(21)22-8-23-19(15)25/h8-9,12,16-17,20,26H,3-7H2,1-2H3,(H2,21,22,23)/t12?,16-,17+,20?/m1/s1. The van der Waals surface area contributed by atoms with Gasteiger partial charge in [0.05, 0.1) is 25.8 Å². The van der Waals surface area contributed by atoms with Crippen LogP contribution < -0.4 is 5.73 Å². The van der Waals surface area contributed by atoms with E-state index < -0.39 is 43.1 Å². The van der Waals surface area contributed by atoms with Crippen LogP contribution in [0.2, 0.25) is 0 Å². The van der Waals surface area contributed by atoms with Crippen molar-refractivity contribution in [2.45, 2.75) is 64.1 Å². The van der Waals surface area contributed by atoms with Gasteiger partial charge in [-0.3, -0.25) is 14.2 Å². The lowest BCUT2D eigenvalue weighted by molar-refractivity contribution is -0.169. The molecule has 4 atom stereocenters. The van der Waals surface area contributed by atoms with Gasteiger partial charge in [0, 0.05) is 12.8 Å². The third kappa shape index (κ3) is 5.68. The number of carbonyl (C=O) groups excluding carboxylic acids is 4. The summed E-state index contributed by atoms with van der Waals surface area (Å²) >= 11 is 0. The molecule has 3 rings (SSSR count). The third-order valence-corrected chi connectivity index (χ3v) is 5.02. The number of nitrogen functional groups attached to an aromatic ring is 1. The SMILES string of the molecule is CC(=O)CCC(=O)O[C@@H]1C(CO)OC(n2cnc3c(N)ncnc32)[C@H]1OC(=O)CCC(C)=O.